The average Bonchev–Trinajstić information content (AvgIpc) is 3.67. The lowest BCUT2D eigenvalue weighted by Crippen LogP contribution is -2.10. The molecule has 10 aromatic carbocycles. The van der Waals surface area contributed by atoms with Crippen LogP contribution in [0.1, 0.15) is 0 Å². The van der Waals surface area contributed by atoms with E-state index in [2.05, 4.69) is 217 Å². The summed E-state index contributed by atoms with van der Waals surface area (Å²) in [6, 6.07) is 76.3. The first-order valence-corrected chi connectivity index (χ1v) is 19.2. The Labute approximate surface area is 325 Å². The van der Waals surface area contributed by atoms with Crippen molar-refractivity contribution in [3.63, 3.8) is 0 Å². The molecule has 56 heavy (non-hydrogen) atoms. The minimum atomic E-state index is 0.889. The summed E-state index contributed by atoms with van der Waals surface area (Å²) in [6.07, 6.45) is 0. The molecule has 11 rings (SSSR count). The zero-order valence-corrected chi connectivity index (χ0v) is 30.6. The third-order valence-electron chi connectivity index (χ3n) is 11.2. The monoisotopic (exact) mass is 713 g/mol. The molecule has 0 aliphatic rings. The van der Waals surface area contributed by atoms with Crippen LogP contribution in [0.4, 0.5) is 17.1 Å². The number of hydrogen-bond acceptors (Lipinski definition) is 2. The van der Waals surface area contributed by atoms with Gasteiger partial charge < -0.3 is 9.32 Å². The second-order valence-electron chi connectivity index (χ2n) is 14.5. The second-order valence-corrected chi connectivity index (χ2v) is 14.5. The van der Waals surface area contributed by atoms with E-state index in [1.165, 1.54) is 49.2 Å². The predicted octanol–water partition coefficient (Wildman–Crippen LogP) is 15.5. The van der Waals surface area contributed by atoms with Gasteiger partial charge in [0.1, 0.15) is 11.2 Å². The van der Waals surface area contributed by atoms with E-state index in [1.54, 1.807) is 0 Å². The zero-order valence-electron chi connectivity index (χ0n) is 30.6. The maximum Gasteiger partial charge on any atom is 0.143 e. The van der Waals surface area contributed by atoms with Gasteiger partial charge in [-0.1, -0.05) is 176 Å². The van der Waals surface area contributed by atoms with Gasteiger partial charge in [0, 0.05) is 38.8 Å². The molecule has 0 amide bonds. The van der Waals surface area contributed by atoms with Gasteiger partial charge in [-0.25, -0.2) is 0 Å². The summed E-state index contributed by atoms with van der Waals surface area (Å²) in [5.41, 5.74) is 12.0. The van der Waals surface area contributed by atoms with E-state index in [-0.39, 0.29) is 0 Å². The molecule has 0 atom stereocenters. The van der Waals surface area contributed by atoms with Crippen LogP contribution in [-0.4, -0.2) is 0 Å². The van der Waals surface area contributed by atoms with Crippen LogP contribution in [0, 0.1) is 0 Å². The van der Waals surface area contributed by atoms with Crippen molar-refractivity contribution in [1.82, 2.24) is 0 Å². The number of fused-ring (bicyclic) bond motifs is 9. The molecule has 0 spiro atoms. The number of hydrogen-bond donors (Lipinski definition) is 0. The normalized spacial score (nSPS) is 11.6. The van der Waals surface area contributed by atoms with Crippen molar-refractivity contribution >= 4 is 71.3 Å². The first kappa shape index (κ1) is 32.0. The lowest BCUT2D eigenvalue weighted by atomic mass is 9.93. The van der Waals surface area contributed by atoms with Gasteiger partial charge in [-0.3, -0.25) is 0 Å². The van der Waals surface area contributed by atoms with Gasteiger partial charge in [-0.15, -0.1) is 0 Å². The molecule has 0 aliphatic carbocycles. The van der Waals surface area contributed by atoms with Crippen LogP contribution < -0.4 is 4.90 Å². The molecule has 262 valence electrons. The van der Waals surface area contributed by atoms with Gasteiger partial charge in [0.15, 0.2) is 0 Å². The van der Waals surface area contributed by atoms with Crippen LogP contribution in [0.25, 0.3) is 87.6 Å². The maximum absolute atomic E-state index is 7.17. The molecular formula is C54H35NO. The van der Waals surface area contributed by atoms with E-state index in [9.17, 15) is 0 Å². The molecule has 1 aromatic heterocycles. The summed E-state index contributed by atoms with van der Waals surface area (Å²) in [5.74, 6) is 0. The van der Waals surface area contributed by atoms with Crippen LogP contribution in [-0.2, 0) is 0 Å². The highest BCUT2D eigenvalue weighted by atomic mass is 16.3. The van der Waals surface area contributed by atoms with Crippen molar-refractivity contribution in [2.75, 3.05) is 4.90 Å². The molecule has 11 aromatic rings. The van der Waals surface area contributed by atoms with Gasteiger partial charge in [0.05, 0.1) is 0 Å². The first-order chi connectivity index (χ1) is 27.8. The van der Waals surface area contributed by atoms with Crippen LogP contribution >= 0.6 is 0 Å². The third kappa shape index (κ3) is 5.26. The summed E-state index contributed by atoms with van der Waals surface area (Å²) in [7, 11) is 0. The topological polar surface area (TPSA) is 16.4 Å². The highest BCUT2D eigenvalue weighted by Gasteiger charge is 2.23. The average molecular weight is 714 g/mol. The highest BCUT2D eigenvalue weighted by molar-refractivity contribution is 6.31. The lowest BCUT2D eigenvalue weighted by molar-refractivity contribution is 0.674. The molecule has 0 saturated carbocycles. The molecular weight excluding hydrogens is 679 g/mol. The fraction of sp³-hybridized carbons (Fsp3) is 0. The molecule has 0 saturated heterocycles. The van der Waals surface area contributed by atoms with Crippen molar-refractivity contribution < 1.29 is 4.42 Å². The Hall–Kier alpha value is -7.42. The summed E-state index contributed by atoms with van der Waals surface area (Å²) in [4.78, 5) is 2.39. The Bertz CT molecular complexity index is 3130. The number of benzene rings is 10. The molecule has 0 unspecified atom stereocenters. The molecule has 0 fully saturated rings. The fourth-order valence-electron chi connectivity index (χ4n) is 8.60. The minimum absolute atomic E-state index is 0.889. The molecule has 0 radical (unpaired) electrons. The largest absolute Gasteiger partial charge is 0.455 e. The molecule has 0 bridgehead atoms. The van der Waals surface area contributed by atoms with Crippen LogP contribution in [0.15, 0.2) is 217 Å². The summed E-state index contributed by atoms with van der Waals surface area (Å²) in [6.45, 7) is 0. The zero-order chi connectivity index (χ0) is 37.0. The first-order valence-electron chi connectivity index (χ1n) is 19.2. The van der Waals surface area contributed by atoms with E-state index < -0.39 is 0 Å². The van der Waals surface area contributed by atoms with Gasteiger partial charge in [0.25, 0.3) is 0 Å². The molecule has 0 aliphatic heterocycles. The predicted molar refractivity (Wildman–Crippen MR) is 237 cm³/mol. The summed E-state index contributed by atoms with van der Waals surface area (Å²) in [5, 5.41) is 9.33. The third-order valence-corrected chi connectivity index (χ3v) is 11.2. The number of furan rings is 1. The van der Waals surface area contributed by atoms with E-state index in [0.717, 1.165) is 55.5 Å². The maximum atomic E-state index is 7.17. The highest BCUT2D eigenvalue weighted by Crippen LogP contribution is 2.48. The van der Waals surface area contributed by atoms with Crippen LogP contribution in [0.5, 0.6) is 0 Å². The number of anilines is 3. The van der Waals surface area contributed by atoms with Gasteiger partial charge in [-0.05, 0) is 91.1 Å². The van der Waals surface area contributed by atoms with Crippen LogP contribution in [0.3, 0.4) is 0 Å². The molecule has 1 heterocycles. The van der Waals surface area contributed by atoms with E-state index in [4.69, 9.17) is 4.42 Å². The van der Waals surface area contributed by atoms with E-state index in [0.29, 0.717) is 0 Å². The van der Waals surface area contributed by atoms with Crippen molar-refractivity contribution in [2.24, 2.45) is 0 Å². The van der Waals surface area contributed by atoms with Gasteiger partial charge in [0.2, 0.25) is 0 Å². The number of nitrogens with zero attached hydrogens (tertiary/aromatic N) is 1. The molecule has 2 heteroatoms. The fourth-order valence-corrected chi connectivity index (χ4v) is 8.60. The Morgan fingerprint density at radius 1 is 0.286 bits per heavy atom. The van der Waals surface area contributed by atoms with Crippen molar-refractivity contribution in [1.29, 1.82) is 0 Å². The Balaban J connectivity index is 1.22. The van der Waals surface area contributed by atoms with E-state index in [1.807, 2.05) is 0 Å². The quantitative estimate of drug-likeness (QED) is 0.160. The smallest absolute Gasteiger partial charge is 0.143 e. The summed E-state index contributed by atoms with van der Waals surface area (Å²) >= 11 is 0. The lowest BCUT2D eigenvalue weighted by Gasteiger charge is -2.27. The Kier molecular flexibility index (Phi) is 7.53. The molecule has 0 N–H and O–H groups in total. The SMILES string of the molecule is c1ccc(-c2ccc(N(c3ccc(-c4ccccc4)cc3)c3cc(-c4cccc5ccccc45)c4oc5c6ccccc6c6ccccc6c5c4c3)cc2)cc1. The van der Waals surface area contributed by atoms with Crippen molar-refractivity contribution in [3.05, 3.63) is 212 Å². The van der Waals surface area contributed by atoms with Gasteiger partial charge in [-0.2, -0.15) is 0 Å². The van der Waals surface area contributed by atoms with Crippen molar-refractivity contribution in [2.45, 2.75) is 0 Å². The second kappa shape index (κ2) is 13.2. The Morgan fingerprint density at radius 3 is 1.39 bits per heavy atom. The van der Waals surface area contributed by atoms with Crippen LogP contribution in [0.2, 0.25) is 0 Å². The number of rotatable bonds is 6. The van der Waals surface area contributed by atoms with E-state index >= 15 is 0 Å². The molecule has 2 nitrogen and oxygen atoms in total. The Morgan fingerprint density at radius 2 is 0.768 bits per heavy atom. The summed E-state index contributed by atoms with van der Waals surface area (Å²) < 4.78 is 7.17. The minimum Gasteiger partial charge on any atom is -0.455 e. The van der Waals surface area contributed by atoms with Gasteiger partial charge >= 0.3 is 0 Å². The van der Waals surface area contributed by atoms with Crippen molar-refractivity contribution in [3.8, 4) is 33.4 Å². The standard InChI is InChI=1S/C54H35NO/c1-3-14-36(15-4-1)38-26-30-41(31-27-38)55(42-32-28-39(29-33-42)37-16-5-2-6-17-37)43-34-50(45-25-13-19-40-18-7-8-20-44(40)45)53-51(35-43)52-48-23-11-9-21-46(48)47-22-10-12-24-49(47)54(52)56-53/h1-35H.